The second-order valence-electron chi connectivity index (χ2n) is 7.75. The molecule has 0 radical (unpaired) electrons. The number of urea groups is 1. The lowest BCUT2D eigenvalue weighted by molar-refractivity contribution is -0.151. The van der Waals surface area contributed by atoms with Gasteiger partial charge in [-0.1, -0.05) is 29.8 Å². The van der Waals surface area contributed by atoms with Crippen LogP contribution in [0.2, 0.25) is 0 Å². The van der Waals surface area contributed by atoms with Gasteiger partial charge in [-0.2, -0.15) is 0 Å². The molecule has 2 heterocycles. The molecule has 0 saturated carbocycles. The van der Waals surface area contributed by atoms with Gasteiger partial charge in [-0.15, -0.1) is 0 Å². The zero-order valence-electron chi connectivity index (χ0n) is 16.7. The molecule has 0 aromatic heterocycles. The van der Waals surface area contributed by atoms with Crippen molar-refractivity contribution in [3.8, 4) is 5.75 Å². The third-order valence-electron chi connectivity index (χ3n) is 5.70. The minimum Gasteiger partial charge on any atom is -0.497 e. The van der Waals surface area contributed by atoms with Crippen LogP contribution < -0.4 is 15.0 Å². The third-order valence-corrected chi connectivity index (χ3v) is 5.70. The quantitative estimate of drug-likeness (QED) is 0.810. The van der Waals surface area contributed by atoms with Crippen molar-refractivity contribution in [3.63, 3.8) is 0 Å². The number of amides is 4. The summed E-state index contributed by atoms with van der Waals surface area (Å²) in [5.74, 6) is -0.297. The summed E-state index contributed by atoms with van der Waals surface area (Å²) in [5.41, 5.74) is 2.44. The number of barbiturate groups is 1. The minimum atomic E-state index is -1.32. The predicted molar refractivity (Wildman–Crippen MR) is 108 cm³/mol. The number of carbonyl (C=O) groups is 3. The number of nitrogens with zero attached hydrogens (tertiary/aromatic N) is 2. The van der Waals surface area contributed by atoms with Gasteiger partial charge in [0.1, 0.15) is 11.2 Å². The Labute approximate surface area is 169 Å². The van der Waals surface area contributed by atoms with E-state index in [4.69, 9.17) is 4.74 Å². The van der Waals surface area contributed by atoms with Crippen molar-refractivity contribution in [1.29, 1.82) is 0 Å². The van der Waals surface area contributed by atoms with E-state index in [1.54, 1.807) is 31.4 Å². The van der Waals surface area contributed by atoms with Crippen LogP contribution in [-0.2, 0) is 22.6 Å². The average Bonchev–Trinajstić information content (AvgIpc) is 2.70. The van der Waals surface area contributed by atoms with Crippen molar-refractivity contribution in [1.82, 2.24) is 10.2 Å². The van der Waals surface area contributed by atoms with Gasteiger partial charge >= 0.3 is 6.03 Å². The number of rotatable bonds is 3. The van der Waals surface area contributed by atoms with E-state index in [-0.39, 0.29) is 19.5 Å². The summed E-state index contributed by atoms with van der Waals surface area (Å²) in [5, 5.41) is 2.40. The first-order chi connectivity index (χ1) is 13.8. The Hall–Kier alpha value is -3.35. The largest absolute Gasteiger partial charge is 0.497 e. The molecule has 0 bridgehead atoms. The molecule has 2 aromatic rings. The van der Waals surface area contributed by atoms with E-state index in [1.807, 2.05) is 37.1 Å². The highest BCUT2D eigenvalue weighted by Gasteiger charge is 2.56. The van der Waals surface area contributed by atoms with Gasteiger partial charge in [0.05, 0.1) is 13.7 Å². The topological polar surface area (TPSA) is 79.0 Å². The summed E-state index contributed by atoms with van der Waals surface area (Å²) < 4.78 is 5.15. The number of carbonyl (C=O) groups excluding carboxylic acids is 3. The highest BCUT2D eigenvalue weighted by atomic mass is 16.5. The van der Waals surface area contributed by atoms with Crippen LogP contribution in [0.1, 0.15) is 16.7 Å². The predicted octanol–water partition coefficient (Wildman–Crippen LogP) is 2.26. The van der Waals surface area contributed by atoms with Crippen LogP contribution in [0, 0.1) is 12.3 Å². The van der Waals surface area contributed by atoms with Crippen LogP contribution in [-0.4, -0.2) is 43.4 Å². The summed E-state index contributed by atoms with van der Waals surface area (Å²) in [7, 11) is 3.44. The molecule has 7 nitrogen and oxygen atoms in total. The molecule has 1 saturated heterocycles. The molecule has 0 unspecified atom stereocenters. The number of ether oxygens (including phenoxy) is 1. The summed E-state index contributed by atoms with van der Waals surface area (Å²) in [4.78, 5) is 41.9. The monoisotopic (exact) mass is 393 g/mol. The van der Waals surface area contributed by atoms with E-state index in [2.05, 4.69) is 5.32 Å². The minimum absolute atomic E-state index is 0.0913. The fourth-order valence-electron chi connectivity index (χ4n) is 4.18. The summed E-state index contributed by atoms with van der Waals surface area (Å²) in [6, 6.07) is 12.5. The van der Waals surface area contributed by atoms with Crippen LogP contribution >= 0.6 is 0 Å². The molecule has 4 rings (SSSR count). The van der Waals surface area contributed by atoms with E-state index in [0.717, 1.165) is 27.3 Å². The van der Waals surface area contributed by atoms with Crippen LogP contribution in [0.3, 0.4) is 0 Å². The SMILES string of the molecule is COc1ccc(CN2C(=O)NC(=O)[C@@]3(Cc4cc(C)ccc4N(C)C3)C2=O)cc1. The Balaban J connectivity index is 1.67. The Morgan fingerprint density at radius 2 is 1.83 bits per heavy atom. The van der Waals surface area contributed by atoms with E-state index >= 15 is 0 Å². The molecule has 2 aromatic carbocycles. The molecule has 1 atom stereocenters. The second kappa shape index (κ2) is 6.92. The third kappa shape index (κ3) is 3.12. The van der Waals surface area contributed by atoms with Gasteiger partial charge in [0, 0.05) is 19.3 Å². The zero-order chi connectivity index (χ0) is 20.8. The average molecular weight is 393 g/mol. The molecule has 150 valence electrons. The maximum Gasteiger partial charge on any atom is 0.331 e. The summed E-state index contributed by atoms with van der Waals surface area (Å²) >= 11 is 0. The van der Waals surface area contributed by atoms with Crippen molar-refractivity contribution in [2.24, 2.45) is 5.41 Å². The molecule has 4 amide bonds. The Morgan fingerprint density at radius 3 is 2.52 bits per heavy atom. The summed E-state index contributed by atoms with van der Waals surface area (Å²) in [6.07, 6.45) is 0.269. The van der Waals surface area contributed by atoms with E-state index in [1.165, 1.54) is 0 Å². The number of aryl methyl sites for hydroxylation is 1. The maximum atomic E-state index is 13.5. The lowest BCUT2D eigenvalue weighted by Gasteiger charge is -2.45. The molecular formula is C22H23N3O4. The molecule has 1 fully saturated rings. The maximum absolute atomic E-state index is 13.5. The van der Waals surface area contributed by atoms with Gasteiger partial charge in [-0.05, 0) is 42.7 Å². The number of hydrogen-bond acceptors (Lipinski definition) is 5. The van der Waals surface area contributed by atoms with Crippen molar-refractivity contribution >= 4 is 23.5 Å². The first kappa shape index (κ1) is 19.0. The fraction of sp³-hybridized carbons (Fsp3) is 0.318. The lowest BCUT2D eigenvalue weighted by atomic mass is 9.74. The van der Waals surface area contributed by atoms with Crippen molar-refractivity contribution < 1.29 is 19.1 Å². The van der Waals surface area contributed by atoms with Crippen LogP contribution in [0.15, 0.2) is 42.5 Å². The van der Waals surface area contributed by atoms with Crippen molar-refractivity contribution in [2.45, 2.75) is 19.9 Å². The molecule has 2 aliphatic heterocycles. The standard InChI is InChI=1S/C22H23N3O4/c1-14-4-9-18-16(10-14)11-22(13-24(18)2)19(26)23-21(28)25(20(22)27)12-15-5-7-17(29-3)8-6-15/h4-10H,11-13H2,1-3H3,(H,23,26,28)/t22-/m0/s1. The van der Waals surface area contributed by atoms with Crippen LogP contribution in [0.25, 0.3) is 0 Å². The van der Waals surface area contributed by atoms with E-state index < -0.39 is 23.3 Å². The molecule has 1 spiro atoms. The van der Waals surface area contributed by atoms with Crippen LogP contribution in [0.4, 0.5) is 10.5 Å². The van der Waals surface area contributed by atoms with Gasteiger partial charge in [0.15, 0.2) is 0 Å². The zero-order valence-corrected chi connectivity index (χ0v) is 16.7. The Kier molecular flexibility index (Phi) is 4.53. The Bertz CT molecular complexity index is 1000. The molecule has 7 heteroatoms. The molecule has 29 heavy (non-hydrogen) atoms. The van der Waals surface area contributed by atoms with Gasteiger partial charge in [-0.3, -0.25) is 19.8 Å². The first-order valence-electron chi connectivity index (χ1n) is 9.45. The number of nitrogens with one attached hydrogen (secondary N) is 1. The molecule has 2 aliphatic rings. The van der Waals surface area contributed by atoms with Gasteiger partial charge in [-0.25, -0.2) is 4.79 Å². The van der Waals surface area contributed by atoms with E-state index in [0.29, 0.717) is 5.75 Å². The highest BCUT2D eigenvalue weighted by molar-refractivity contribution is 6.20. The molecule has 0 aliphatic carbocycles. The highest BCUT2D eigenvalue weighted by Crippen LogP contribution is 2.39. The lowest BCUT2D eigenvalue weighted by Crippen LogP contribution is -2.68. The number of anilines is 1. The number of imide groups is 2. The normalized spacial score (nSPS) is 21.3. The first-order valence-corrected chi connectivity index (χ1v) is 9.45. The molecule has 1 N–H and O–H groups in total. The summed E-state index contributed by atoms with van der Waals surface area (Å²) in [6.45, 7) is 2.29. The number of benzene rings is 2. The number of methoxy groups -OCH3 is 1. The Morgan fingerprint density at radius 1 is 1.10 bits per heavy atom. The van der Waals surface area contributed by atoms with Gasteiger partial charge in [0.25, 0.3) is 0 Å². The van der Waals surface area contributed by atoms with Gasteiger partial charge < -0.3 is 9.64 Å². The van der Waals surface area contributed by atoms with Crippen molar-refractivity contribution in [2.75, 3.05) is 25.6 Å². The number of fused-ring (bicyclic) bond motifs is 1. The second-order valence-corrected chi connectivity index (χ2v) is 7.75. The molecular weight excluding hydrogens is 370 g/mol. The smallest absolute Gasteiger partial charge is 0.331 e. The van der Waals surface area contributed by atoms with Crippen molar-refractivity contribution in [3.05, 3.63) is 59.2 Å². The van der Waals surface area contributed by atoms with Crippen LogP contribution in [0.5, 0.6) is 5.75 Å². The van der Waals surface area contributed by atoms with E-state index in [9.17, 15) is 14.4 Å². The fourth-order valence-corrected chi connectivity index (χ4v) is 4.18. The van der Waals surface area contributed by atoms with Gasteiger partial charge in [0.2, 0.25) is 11.8 Å². The number of hydrogen-bond donors (Lipinski definition) is 1.